The number of benzene rings is 2. The monoisotopic (exact) mass is 638 g/mol. The Morgan fingerprint density at radius 1 is 0.956 bits per heavy atom. The number of carbonyl (C=O) groups is 3. The standard InChI is InChI=1S/C25H27FN4O11.2C2H6/c26-17-10-14(24(37,38)29-6-8-41-9-7-29)5-4-13(17)11-27-18-3-1-2-15-16(18)12-30(19(15)31)22(34)20(32)28-21(33)23(35,36)25(22,39)40;2*1-2/h1-5,10,27,34-40H,6-9,11-12H2,(H,28,32,33);2*1-2H3. The van der Waals surface area contributed by atoms with Gasteiger partial charge in [0.1, 0.15) is 5.82 Å². The number of carbonyl (C=O) groups excluding carboxylic acids is 3. The van der Waals surface area contributed by atoms with Crippen LogP contribution in [0.1, 0.15) is 54.7 Å². The van der Waals surface area contributed by atoms with E-state index in [0.29, 0.717) is 0 Å². The van der Waals surface area contributed by atoms with Crippen molar-refractivity contribution in [2.24, 2.45) is 0 Å². The van der Waals surface area contributed by atoms with Crippen molar-refractivity contribution in [2.75, 3.05) is 31.6 Å². The molecule has 45 heavy (non-hydrogen) atoms. The molecule has 2 aromatic rings. The Kier molecular flexibility index (Phi) is 10.7. The number of aliphatic hydroxyl groups is 7. The third kappa shape index (κ3) is 5.92. The van der Waals surface area contributed by atoms with Crippen LogP contribution in [0.2, 0.25) is 0 Å². The summed E-state index contributed by atoms with van der Waals surface area (Å²) in [5.41, 5.74) is -3.48. The van der Waals surface area contributed by atoms with E-state index >= 15 is 0 Å². The Hall–Kier alpha value is -3.58. The van der Waals surface area contributed by atoms with Gasteiger partial charge in [0, 0.05) is 47.6 Å². The molecule has 2 fully saturated rings. The summed E-state index contributed by atoms with van der Waals surface area (Å²) in [6.07, 6.45) is 0. The van der Waals surface area contributed by atoms with Gasteiger partial charge in [0.25, 0.3) is 35.1 Å². The molecule has 5 rings (SSSR count). The fourth-order valence-electron chi connectivity index (χ4n) is 5.06. The molecule has 15 nitrogen and oxygen atoms in total. The average molecular weight is 639 g/mol. The number of anilines is 1. The first kappa shape index (κ1) is 35.9. The van der Waals surface area contributed by atoms with Gasteiger partial charge < -0.3 is 45.8 Å². The number of rotatable bonds is 6. The number of hydrogen-bond acceptors (Lipinski definition) is 13. The van der Waals surface area contributed by atoms with Gasteiger partial charge in [0.2, 0.25) is 0 Å². The van der Waals surface area contributed by atoms with Crippen molar-refractivity contribution in [2.45, 2.75) is 64.0 Å². The van der Waals surface area contributed by atoms with E-state index in [9.17, 15) is 54.5 Å². The number of halogens is 1. The highest BCUT2D eigenvalue weighted by Crippen LogP contribution is 2.42. The van der Waals surface area contributed by atoms with Gasteiger partial charge in [0.05, 0.1) is 19.8 Å². The topological polar surface area (TPSA) is 233 Å². The van der Waals surface area contributed by atoms with E-state index in [-0.39, 0.29) is 65.7 Å². The Bertz CT molecular complexity index is 1430. The van der Waals surface area contributed by atoms with Crippen molar-refractivity contribution in [3.63, 3.8) is 0 Å². The smallest absolute Gasteiger partial charge is 0.306 e. The van der Waals surface area contributed by atoms with Gasteiger partial charge in [0.15, 0.2) is 0 Å². The number of ether oxygens (including phenoxy) is 1. The van der Waals surface area contributed by atoms with Crippen molar-refractivity contribution in [3.8, 4) is 0 Å². The van der Waals surface area contributed by atoms with Gasteiger partial charge in [-0.3, -0.25) is 24.6 Å². The predicted octanol–water partition coefficient (Wildman–Crippen LogP) is -1.42. The fourth-order valence-corrected chi connectivity index (χ4v) is 5.06. The molecule has 9 N–H and O–H groups in total. The second kappa shape index (κ2) is 13.4. The van der Waals surface area contributed by atoms with Crippen molar-refractivity contribution in [1.29, 1.82) is 0 Å². The SMILES string of the molecule is CC.CC.O=C1c2cccc(NCc3ccc(C(O)(O)N4CCOCC4)cc3F)c2CN1C1(O)C(=O)NC(=O)C(O)(O)C1(O)O. The molecule has 3 heterocycles. The van der Waals surface area contributed by atoms with Crippen LogP contribution in [0.25, 0.3) is 0 Å². The summed E-state index contributed by atoms with van der Waals surface area (Å²) in [5, 5.41) is 77.1. The van der Waals surface area contributed by atoms with Crippen LogP contribution in [0.3, 0.4) is 0 Å². The molecule has 0 radical (unpaired) electrons. The number of fused-ring (bicyclic) bond motifs is 1. The minimum Gasteiger partial charge on any atom is -0.381 e. The lowest BCUT2D eigenvalue weighted by molar-refractivity contribution is -0.407. The molecule has 0 aromatic heterocycles. The number of morpholine rings is 1. The molecule has 0 saturated carbocycles. The maximum atomic E-state index is 15.0. The summed E-state index contributed by atoms with van der Waals surface area (Å²) in [5.74, 6) is -16.3. The Labute approximate surface area is 258 Å². The van der Waals surface area contributed by atoms with Crippen LogP contribution in [0, 0.1) is 5.82 Å². The molecule has 16 heteroatoms. The lowest BCUT2D eigenvalue weighted by atomic mass is 9.86. The molecule has 0 bridgehead atoms. The average Bonchev–Trinajstić information content (AvgIpc) is 3.38. The zero-order chi connectivity index (χ0) is 34.0. The molecule has 3 aliphatic rings. The lowest BCUT2D eigenvalue weighted by Gasteiger charge is -2.50. The van der Waals surface area contributed by atoms with Crippen molar-refractivity contribution >= 4 is 23.4 Å². The Balaban J connectivity index is 0.00000133. The highest BCUT2D eigenvalue weighted by molar-refractivity contribution is 6.10. The zero-order valence-electron chi connectivity index (χ0n) is 25.2. The van der Waals surface area contributed by atoms with E-state index in [1.165, 1.54) is 40.5 Å². The number of nitrogens with zero attached hydrogens (tertiary/aromatic N) is 2. The van der Waals surface area contributed by atoms with Crippen LogP contribution in [0.4, 0.5) is 10.1 Å². The maximum absolute atomic E-state index is 15.0. The lowest BCUT2D eigenvalue weighted by Crippen LogP contribution is -2.85. The molecule has 0 aliphatic carbocycles. The maximum Gasteiger partial charge on any atom is 0.306 e. The van der Waals surface area contributed by atoms with Crippen molar-refractivity contribution < 1.29 is 59.3 Å². The van der Waals surface area contributed by atoms with Gasteiger partial charge >= 0.3 is 5.79 Å². The second-order valence-corrected chi connectivity index (χ2v) is 9.92. The summed E-state index contributed by atoms with van der Waals surface area (Å²) in [7, 11) is 0. The molecule has 1 atom stereocenters. The predicted molar refractivity (Wildman–Crippen MR) is 154 cm³/mol. The number of piperidine rings is 1. The fraction of sp³-hybridized carbons (Fsp3) is 0.483. The number of hydrogen-bond donors (Lipinski definition) is 9. The Morgan fingerprint density at radius 3 is 2.18 bits per heavy atom. The first-order valence-electron chi connectivity index (χ1n) is 14.4. The molecule has 2 aromatic carbocycles. The van der Waals surface area contributed by atoms with Crippen LogP contribution in [-0.4, -0.2) is 107 Å². The first-order chi connectivity index (χ1) is 21.1. The first-order valence-corrected chi connectivity index (χ1v) is 14.4. The van der Waals surface area contributed by atoms with Gasteiger partial charge in [-0.15, -0.1) is 0 Å². The number of amides is 3. The van der Waals surface area contributed by atoms with Gasteiger partial charge in [-0.2, -0.15) is 0 Å². The van der Waals surface area contributed by atoms with E-state index in [1.54, 1.807) is 0 Å². The second-order valence-electron chi connectivity index (χ2n) is 9.92. The van der Waals surface area contributed by atoms with Gasteiger partial charge in [-0.1, -0.05) is 45.9 Å². The van der Waals surface area contributed by atoms with Crippen LogP contribution < -0.4 is 10.6 Å². The minimum atomic E-state index is -4.23. The van der Waals surface area contributed by atoms with Crippen LogP contribution in [0.5, 0.6) is 0 Å². The molecule has 3 aliphatic heterocycles. The van der Waals surface area contributed by atoms with E-state index in [4.69, 9.17) is 4.74 Å². The molecular formula is C29H39FN4O11. The number of nitrogens with one attached hydrogen (secondary N) is 2. The molecule has 3 amide bonds. The number of imide groups is 1. The molecule has 248 valence electrons. The summed E-state index contributed by atoms with van der Waals surface area (Å²) >= 11 is 0. The van der Waals surface area contributed by atoms with Crippen LogP contribution in [-0.2, 0) is 33.3 Å². The molecule has 1 unspecified atom stereocenters. The van der Waals surface area contributed by atoms with Gasteiger partial charge in [-0.05, 0) is 18.2 Å². The minimum absolute atomic E-state index is 0.0969. The molecule has 0 spiro atoms. The van der Waals surface area contributed by atoms with Crippen LogP contribution in [0.15, 0.2) is 36.4 Å². The van der Waals surface area contributed by atoms with E-state index in [2.05, 4.69) is 5.32 Å². The summed E-state index contributed by atoms with van der Waals surface area (Å²) in [6, 6.07) is 7.84. The summed E-state index contributed by atoms with van der Waals surface area (Å²) < 4.78 is 20.2. The highest BCUT2D eigenvalue weighted by Gasteiger charge is 2.76. The highest BCUT2D eigenvalue weighted by atomic mass is 19.1. The third-order valence-corrected chi connectivity index (χ3v) is 7.55. The van der Waals surface area contributed by atoms with E-state index < -0.39 is 53.3 Å². The van der Waals surface area contributed by atoms with E-state index in [0.717, 1.165) is 6.07 Å². The summed E-state index contributed by atoms with van der Waals surface area (Å²) in [4.78, 5) is 39.0. The van der Waals surface area contributed by atoms with Crippen molar-refractivity contribution in [3.05, 3.63) is 64.5 Å². The van der Waals surface area contributed by atoms with Gasteiger partial charge in [-0.25, -0.2) is 9.29 Å². The van der Waals surface area contributed by atoms with Crippen molar-refractivity contribution in [1.82, 2.24) is 15.1 Å². The quantitative estimate of drug-likeness (QED) is 0.131. The zero-order valence-corrected chi connectivity index (χ0v) is 25.2. The normalized spacial score (nSPS) is 22.4. The third-order valence-electron chi connectivity index (χ3n) is 7.55. The molecular weight excluding hydrogens is 599 g/mol. The van der Waals surface area contributed by atoms with Crippen LogP contribution >= 0.6 is 0 Å². The Morgan fingerprint density at radius 2 is 1.58 bits per heavy atom. The van der Waals surface area contributed by atoms with E-state index in [1.807, 2.05) is 27.7 Å². The largest absolute Gasteiger partial charge is 0.381 e. The summed E-state index contributed by atoms with van der Waals surface area (Å²) in [6.45, 7) is 8.20. The molecule has 2 saturated heterocycles.